The predicted molar refractivity (Wildman–Crippen MR) is 92.2 cm³/mol. The minimum atomic E-state index is -2.96. The smallest absolute Gasteiger partial charge is 0.387 e. The summed E-state index contributed by atoms with van der Waals surface area (Å²) in [5.74, 6) is -0.378. The molecule has 0 saturated heterocycles. The van der Waals surface area contributed by atoms with Crippen LogP contribution in [0.3, 0.4) is 0 Å². The molecule has 2 rings (SSSR count). The second kappa shape index (κ2) is 9.89. The largest absolute Gasteiger partial charge is 0.433 e. The van der Waals surface area contributed by atoms with E-state index in [1.54, 1.807) is 0 Å². The van der Waals surface area contributed by atoms with E-state index in [9.17, 15) is 18.7 Å². The number of carbonyl (C=O) groups is 1. The van der Waals surface area contributed by atoms with E-state index in [0.29, 0.717) is 18.3 Å². The molecule has 2 N–H and O–H groups in total. The van der Waals surface area contributed by atoms with Crippen molar-refractivity contribution in [3.05, 3.63) is 23.2 Å². The molecule has 1 amide bonds. The van der Waals surface area contributed by atoms with E-state index < -0.39 is 6.61 Å². The first-order chi connectivity index (χ1) is 12.0. The zero-order valence-electron chi connectivity index (χ0n) is 13.9. The summed E-state index contributed by atoms with van der Waals surface area (Å²) < 4.78 is 28.7. The molecule has 0 spiro atoms. The number of aliphatic hydroxyl groups is 1. The molecular formula is C17H23ClF2N2O3. The highest BCUT2D eigenvalue weighted by atomic mass is 35.5. The Labute approximate surface area is 150 Å². The Morgan fingerprint density at radius 3 is 2.68 bits per heavy atom. The topological polar surface area (TPSA) is 61.8 Å². The summed E-state index contributed by atoms with van der Waals surface area (Å²) in [6.45, 7) is -2.35. The normalized spacial score (nSPS) is 15.6. The molecule has 0 bridgehead atoms. The van der Waals surface area contributed by atoms with Crippen molar-refractivity contribution >= 4 is 23.2 Å². The van der Waals surface area contributed by atoms with E-state index in [-0.39, 0.29) is 29.8 Å². The molecule has 140 valence electrons. The van der Waals surface area contributed by atoms with Gasteiger partial charge in [-0.3, -0.25) is 9.69 Å². The number of nitrogens with one attached hydrogen (secondary N) is 1. The summed E-state index contributed by atoms with van der Waals surface area (Å²) >= 11 is 5.88. The molecule has 0 radical (unpaired) electrons. The van der Waals surface area contributed by atoms with Gasteiger partial charge in [-0.1, -0.05) is 30.9 Å². The van der Waals surface area contributed by atoms with Gasteiger partial charge in [0.15, 0.2) is 0 Å². The van der Waals surface area contributed by atoms with Gasteiger partial charge in [-0.05, 0) is 31.0 Å². The molecule has 1 fully saturated rings. The molecule has 0 aliphatic heterocycles. The molecule has 25 heavy (non-hydrogen) atoms. The summed E-state index contributed by atoms with van der Waals surface area (Å²) in [5.41, 5.74) is 0.407. The number of carbonyl (C=O) groups excluding carboxylic acids is 1. The third-order valence-electron chi connectivity index (χ3n) is 4.26. The molecular weight excluding hydrogens is 354 g/mol. The van der Waals surface area contributed by atoms with Gasteiger partial charge in [0, 0.05) is 18.3 Å². The number of ether oxygens (including phenoxy) is 1. The standard InChI is InChI=1S/C17H23ClF2N2O3/c18-14-10-12(6-7-15(14)25-17(19)20)21-16(24)11-22(8-9-23)13-4-2-1-3-5-13/h6-7,10,13,17,23H,1-5,8-9,11H2,(H,21,24). The fraction of sp³-hybridized carbons (Fsp3) is 0.588. The van der Waals surface area contributed by atoms with Crippen LogP contribution in [0.1, 0.15) is 32.1 Å². The van der Waals surface area contributed by atoms with E-state index in [4.69, 9.17) is 11.6 Å². The Balaban J connectivity index is 1.94. The van der Waals surface area contributed by atoms with Crippen molar-refractivity contribution in [2.24, 2.45) is 0 Å². The van der Waals surface area contributed by atoms with Crippen molar-refractivity contribution in [3.8, 4) is 5.75 Å². The number of alkyl halides is 2. The Morgan fingerprint density at radius 1 is 1.36 bits per heavy atom. The number of anilines is 1. The van der Waals surface area contributed by atoms with Gasteiger partial charge in [-0.15, -0.1) is 0 Å². The molecule has 1 aliphatic carbocycles. The maximum absolute atomic E-state index is 12.3. The molecule has 0 heterocycles. The van der Waals surface area contributed by atoms with Crippen molar-refractivity contribution in [1.82, 2.24) is 4.90 Å². The summed E-state index contributed by atoms with van der Waals surface area (Å²) in [6, 6.07) is 4.42. The van der Waals surface area contributed by atoms with Gasteiger partial charge in [-0.25, -0.2) is 0 Å². The van der Waals surface area contributed by atoms with E-state index in [1.165, 1.54) is 24.6 Å². The lowest BCUT2D eigenvalue weighted by Crippen LogP contribution is -2.43. The second-order valence-corrected chi connectivity index (χ2v) is 6.46. The summed E-state index contributed by atoms with van der Waals surface area (Å²) in [6.07, 6.45) is 5.53. The van der Waals surface area contributed by atoms with Crippen molar-refractivity contribution in [2.75, 3.05) is 25.0 Å². The van der Waals surface area contributed by atoms with Crippen molar-refractivity contribution in [1.29, 1.82) is 0 Å². The number of amides is 1. The number of aliphatic hydroxyl groups excluding tert-OH is 1. The van der Waals surface area contributed by atoms with E-state index in [1.807, 2.05) is 4.90 Å². The quantitative estimate of drug-likeness (QED) is 0.729. The zero-order chi connectivity index (χ0) is 18.2. The van der Waals surface area contributed by atoms with Crippen LogP contribution >= 0.6 is 11.6 Å². The Kier molecular flexibility index (Phi) is 7.87. The molecule has 1 aromatic carbocycles. The average molecular weight is 377 g/mol. The number of benzene rings is 1. The molecule has 1 saturated carbocycles. The third-order valence-corrected chi connectivity index (χ3v) is 4.55. The number of hydrogen-bond acceptors (Lipinski definition) is 4. The fourth-order valence-electron chi connectivity index (χ4n) is 3.12. The lowest BCUT2D eigenvalue weighted by molar-refractivity contribution is -0.118. The Hall–Kier alpha value is -1.44. The highest BCUT2D eigenvalue weighted by molar-refractivity contribution is 6.32. The van der Waals surface area contributed by atoms with Gasteiger partial charge >= 0.3 is 6.61 Å². The summed E-state index contributed by atoms with van der Waals surface area (Å²) in [5, 5.41) is 11.9. The molecule has 1 aromatic rings. The lowest BCUT2D eigenvalue weighted by atomic mass is 9.94. The SMILES string of the molecule is O=C(CN(CCO)C1CCCCC1)Nc1ccc(OC(F)F)c(Cl)c1. The molecule has 1 aliphatic rings. The molecule has 0 aromatic heterocycles. The minimum absolute atomic E-state index is 0.00223. The van der Waals surface area contributed by atoms with Gasteiger partial charge in [0.1, 0.15) is 5.75 Å². The highest BCUT2D eigenvalue weighted by Crippen LogP contribution is 2.29. The van der Waals surface area contributed by atoms with Crippen molar-refractivity contribution < 1.29 is 23.4 Å². The summed E-state index contributed by atoms with van der Waals surface area (Å²) in [4.78, 5) is 14.3. The van der Waals surface area contributed by atoms with Gasteiger partial charge in [0.05, 0.1) is 18.2 Å². The number of hydrogen-bond donors (Lipinski definition) is 2. The maximum atomic E-state index is 12.3. The summed E-state index contributed by atoms with van der Waals surface area (Å²) in [7, 11) is 0. The van der Waals surface area contributed by atoms with E-state index in [0.717, 1.165) is 25.7 Å². The van der Waals surface area contributed by atoms with Gasteiger partial charge < -0.3 is 15.2 Å². The molecule has 0 unspecified atom stereocenters. The van der Waals surface area contributed by atoms with Crippen molar-refractivity contribution in [2.45, 2.75) is 44.8 Å². The number of rotatable bonds is 8. The Morgan fingerprint density at radius 2 is 2.08 bits per heavy atom. The highest BCUT2D eigenvalue weighted by Gasteiger charge is 2.22. The molecule has 0 atom stereocenters. The first-order valence-corrected chi connectivity index (χ1v) is 8.76. The monoisotopic (exact) mass is 376 g/mol. The van der Waals surface area contributed by atoms with Crippen LogP contribution < -0.4 is 10.1 Å². The van der Waals surface area contributed by atoms with Crippen LogP contribution in [0.5, 0.6) is 5.75 Å². The van der Waals surface area contributed by atoms with Crippen molar-refractivity contribution in [3.63, 3.8) is 0 Å². The number of halogens is 3. The van der Waals surface area contributed by atoms with Crippen LogP contribution in [-0.2, 0) is 4.79 Å². The second-order valence-electron chi connectivity index (χ2n) is 6.06. The zero-order valence-corrected chi connectivity index (χ0v) is 14.6. The predicted octanol–water partition coefficient (Wildman–Crippen LogP) is 3.51. The van der Waals surface area contributed by atoms with Gasteiger partial charge in [-0.2, -0.15) is 8.78 Å². The Bertz CT molecular complexity index is 569. The van der Waals surface area contributed by atoms with Crippen LogP contribution in [0.2, 0.25) is 5.02 Å². The first kappa shape index (κ1) is 19.9. The van der Waals surface area contributed by atoms with Crippen LogP contribution in [0, 0.1) is 0 Å². The van der Waals surface area contributed by atoms with Gasteiger partial charge in [0.2, 0.25) is 5.91 Å². The van der Waals surface area contributed by atoms with Crippen LogP contribution in [0.4, 0.5) is 14.5 Å². The van der Waals surface area contributed by atoms with Crippen LogP contribution in [0.25, 0.3) is 0 Å². The fourth-order valence-corrected chi connectivity index (χ4v) is 3.35. The van der Waals surface area contributed by atoms with E-state index >= 15 is 0 Å². The third kappa shape index (κ3) is 6.41. The first-order valence-electron chi connectivity index (χ1n) is 8.38. The van der Waals surface area contributed by atoms with E-state index in [2.05, 4.69) is 10.1 Å². The lowest BCUT2D eigenvalue weighted by Gasteiger charge is -2.33. The van der Waals surface area contributed by atoms with Crippen LogP contribution in [-0.4, -0.2) is 48.3 Å². The molecule has 8 heteroatoms. The maximum Gasteiger partial charge on any atom is 0.387 e. The van der Waals surface area contributed by atoms with Crippen LogP contribution in [0.15, 0.2) is 18.2 Å². The molecule has 5 nitrogen and oxygen atoms in total. The minimum Gasteiger partial charge on any atom is -0.433 e. The van der Waals surface area contributed by atoms with Gasteiger partial charge in [0.25, 0.3) is 0 Å². The average Bonchev–Trinajstić information content (AvgIpc) is 2.57. The number of nitrogens with zero attached hydrogens (tertiary/aromatic N) is 1.